The summed E-state index contributed by atoms with van der Waals surface area (Å²) in [6.07, 6.45) is 0. The van der Waals surface area contributed by atoms with Crippen molar-refractivity contribution in [2.75, 3.05) is 0 Å². The van der Waals surface area contributed by atoms with E-state index in [1.54, 1.807) is 12.1 Å². The molecular formula is C8H6Y10-2. The molecule has 0 aliphatic heterocycles. The minimum Gasteiger partial charge on any atom is -0.306 e. The van der Waals surface area contributed by atoms with Crippen molar-refractivity contribution in [3.8, 4) is 0 Å². The predicted molar refractivity (Wildman–Crippen MR) is 34.6 cm³/mol. The second-order valence-electron chi connectivity index (χ2n) is 1.63. The zero-order chi connectivity index (χ0) is 5.98. The van der Waals surface area contributed by atoms with Gasteiger partial charge in [0.2, 0.25) is 0 Å². The van der Waals surface area contributed by atoms with E-state index in [2.05, 4.69) is 0 Å². The summed E-state index contributed by atoms with van der Waals surface area (Å²) < 4.78 is 0. The molecule has 0 N–H and O–H groups in total. The molecule has 0 saturated carbocycles. The zero-order valence-electron chi connectivity index (χ0n) is 10.2. The summed E-state index contributed by atoms with van der Waals surface area (Å²) >= 11 is 0. The third-order valence-electron chi connectivity index (χ3n) is 0.996. The van der Waals surface area contributed by atoms with Crippen LogP contribution in [0.25, 0.3) is 13.2 Å². The topological polar surface area (TPSA) is 0 Å². The van der Waals surface area contributed by atoms with Gasteiger partial charge in [0.15, 0.2) is 0 Å². The summed E-state index contributed by atoms with van der Waals surface area (Å²) in [5, 5.41) is 1.29. The molecule has 1 rings (SSSR count). The maximum absolute atomic E-state index is 5.39. The number of benzene rings is 1. The first kappa shape index (κ1) is 63.0. The molecule has 18 heavy (non-hydrogen) atoms. The van der Waals surface area contributed by atoms with E-state index in [1.807, 2.05) is 12.1 Å². The molecule has 0 aliphatic carbocycles. The Morgan fingerprint density at radius 2 is 0.611 bits per heavy atom. The molecule has 0 fully saturated rings. The van der Waals surface area contributed by atoms with Crippen molar-refractivity contribution in [3.05, 3.63) is 34.7 Å². The largest absolute Gasteiger partial charge is 0.306 e. The number of hydrogen-bond donors (Lipinski definition) is 0. The maximum atomic E-state index is 5.39. The molecule has 70 valence electrons. The maximum Gasteiger partial charge on any atom is 0 e. The molecule has 1 aromatic carbocycles. The predicted octanol–water partition coefficient (Wildman–Crippen LogP) is 0.236. The van der Waals surface area contributed by atoms with E-state index in [0.29, 0.717) is 10.4 Å². The van der Waals surface area contributed by atoms with Crippen LogP contribution >= 0.6 is 0 Å². The molecule has 0 unspecified atom stereocenters. The van der Waals surface area contributed by atoms with Crippen molar-refractivity contribution in [1.29, 1.82) is 0 Å². The monoisotopic (exact) mass is 991 g/mol. The summed E-state index contributed by atoms with van der Waals surface area (Å²) in [5.41, 5.74) is 0. The first-order chi connectivity index (χ1) is 3.80. The molecule has 0 atom stereocenters. The molecule has 0 saturated heterocycles. The summed E-state index contributed by atoms with van der Waals surface area (Å²) in [7, 11) is 0. The molecule has 0 aliphatic rings. The molecule has 0 aromatic heterocycles. The standard InChI is InChI=1S/C8H6.10Y/c1-7-5-3-4-6-8(7)2;;;;;;;;;;/h1-6H;;;;;;;;;;/q-2;;;;;;;;;;. The van der Waals surface area contributed by atoms with Gasteiger partial charge in [0.25, 0.3) is 0 Å². The van der Waals surface area contributed by atoms with E-state index in [1.165, 1.54) is 0 Å². The van der Waals surface area contributed by atoms with Gasteiger partial charge < -0.3 is 10.4 Å². The average Bonchev–Trinajstić information content (AvgIpc) is 1.77. The van der Waals surface area contributed by atoms with Gasteiger partial charge in [-0.2, -0.15) is 0 Å². The summed E-state index contributed by atoms with van der Waals surface area (Å²) in [6, 6.07) is 7.25. The minimum atomic E-state index is 0. The van der Waals surface area contributed by atoms with Crippen LogP contribution in [0.3, 0.4) is 0 Å². The fourth-order valence-electron chi connectivity index (χ4n) is 0.511. The van der Waals surface area contributed by atoms with Gasteiger partial charge in [0.05, 0.1) is 0 Å². The van der Waals surface area contributed by atoms with Gasteiger partial charge in [-0.15, -0.1) is 12.1 Å². The number of rotatable bonds is 0. The average molecular weight is 991 g/mol. The van der Waals surface area contributed by atoms with Crippen molar-refractivity contribution >= 4 is 13.2 Å². The fraction of sp³-hybridized carbons (Fsp3) is 0. The summed E-state index contributed by atoms with van der Waals surface area (Å²) in [4.78, 5) is 0. The van der Waals surface area contributed by atoms with E-state index < -0.39 is 0 Å². The molecule has 0 amide bonds. The van der Waals surface area contributed by atoms with Crippen molar-refractivity contribution < 1.29 is 327 Å². The smallest absolute Gasteiger partial charge is 0 e. The Morgan fingerprint density at radius 3 is 0.722 bits per heavy atom. The Bertz CT molecular complexity index is 248. The van der Waals surface area contributed by atoms with Crippen LogP contribution in [0.2, 0.25) is 0 Å². The normalized spacial score (nSPS) is 4.00. The van der Waals surface area contributed by atoms with Crippen LogP contribution in [0.1, 0.15) is 0 Å². The van der Waals surface area contributed by atoms with Crippen molar-refractivity contribution in [3.63, 3.8) is 0 Å². The molecule has 10 radical (unpaired) electrons. The quantitative estimate of drug-likeness (QED) is 0.328. The fourth-order valence-corrected chi connectivity index (χ4v) is 0.511. The molecule has 0 heterocycles. The minimum absolute atomic E-state index is 0. The van der Waals surface area contributed by atoms with E-state index in [-0.39, 0.29) is 327 Å². The van der Waals surface area contributed by atoms with E-state index in [4.69, 9.17) is 13.2 Å². The summed E-state index contributed by atoms with van der Waals surface area (Å²) in [6.45, 7) is 10.8. The van der Waals surface area contributed by atoms with Crippen LogP contribution in [0.4, 0.5) is 0 Å². The first-order valence-electron chi connectivity index (χ1n) is 2.40. The Morgan fingerprint density at radius 1 is 0.444 bits per heavy atom. The van der Waals surface area contributed by atoms with Gasteiger partial charge in [-0.1, -0.05) is 0 Å². The molecule has 0 bridgehead atoms. The Kier molecular flexibility index (Phi) is 160. The van der Waals surface area contributed by atoms with Gasteiger partial charge in [-0.25, -0.2) is 12.1 Å². The summed E-state index contributed by atoms with van der Waals surface area (Å²) in [5.74, 6) is 0. The molecule has 0 nitrogen and oxygen atoms in total. The second kappa shape index (κ2) is 45.6. The molecule has 0 spiro atoms. The van der Waals surface area contributed by atoms with Crippen LogP contribution in [0.15, 0.2) is 24.3 Å². The SMILES string of the molecule is [CH-]=c1ccccc1=[CH-].[Y].[Y].[Y].[Y].[Y].[Y].[Y].[Y].[Y].[Y]. The van der Waals surface area contributed by atoms with Crippen molar-refractivity contribution in [2.24, 2.45) is 0 Å². The third-order valence-corrected chi connectivity index (χ3v) is 0.996. The van der Waals surface area contributed by atoms with E-state index in [0.717, 1.165) is 0 Å². The van der Waals surface area contributed by atoms with Crippen LogP contribution < -0.4 is 10.4 Å². The van der Waals surface area contributed by atoms with Crippen LogP contribution in [-0.4, -0.2) is 0 Å². The first-order valence-corrected chi connectivity index (χ1v) is 2.40. The van der Waals surface area contributed by atoms with Gasteiger partial charge >= 0.3 is 0 Å². The third kappa shape index (κ3) is 36.8. The Hall–Kier alpha value is 10.00. The van der Waals surface area contributed by atoms with Crippen molar-refractivity contribution in [2.45, 2.75) is 0 Å². The Labute approximate surface area is 363 Å². The zero-order valence-corrected chi connectivity index (χ0v) is 38.6. The number of hydrogen-bond acceptors (Lipinski definition) is 0. The van der Waals surface area contributed by atoms with Crippen LogP contribution in [-0.2, 0) is 327 Å². The molecular weight excluding hydrogens is 985 g/mol. The molecule has 10 heteroatoms. The molecule has 1 aromatic rings. The van der Waals surface area contributed by atoms with Crippen molar-refractivity contribution in [1.82, 2.24) is 0 Å². The van der Waals surface area contributed by atoms with E-state index in [9.17, 15) is 0 Å². The van der Waals surface area contributed by atoms with E-state index >= 15 is 0 Å². The Balaban J connectivity index is -0.00000000800. The van der Waals surface area contributed by atoms with Gasteiger partial charge in [-0.3, -0.25) is 13.2 Å². The van der Waals surface area contributed by atoms with Gasteiger partial charge in [-0.05, 0) is 0 Å². The van der Waals surface area contributed by atoms with Crippen LogP contribution in [0, 0.1) is 0 Å². The van der Waals surface area contributed by atoms with Gasteiger partial charge in [0, 0.05) is 327 Å². The van der Waals surface area contributed by atoms with Crippen LogP contribution in [0.5, 0.6) is 0 Å². The van der Waals surface area contributed by atoms with Gasteiger partial charge in [0.1, 0.15) is 0 Å². The second-order valence-corrected chi connectivity index (χ2v) is 1.63.